The number of hydrogen-bond donors (Lipinski definition) is 8. The Labute approximate surface area is 332 Å². The second-order valence-corrected chi connectivity index (χ2v) is 15.1. The molecule has 0 saturated carbocycles. The summed E-state index contributed by atoms with van der Waals surface area (Å²) < 4.78 is 11.0. The van der Waals surface area contributed by atoms with E-state index in [1.807, 2.05) is 0 Å². The van der Waals surface area contributed by atoms with E-state index in [9.17, 15) is 40.5 Å². The molecule has 0 aromatic rings. The number of carbonyl (C=O) groups excluding carboxylic acids is 1. The van der Waals surface area contributed by atoms with Gasteiger partial charge >= 0.3 is 0 Å². The predicted octanol–water partition coefficient (Wildman–Crippen LogP) is 6.22. The van der Waals surface area contributed by atoms with Gasteiger partial charge in [0.15, 0.2) is 6.29 Å². The van der Waals surface area contributed by atoms with Crippen LogP contribution in [0.1, 0.15) is 155 Å². The number of aliphatic hydroxyl groups is 7. The summed E-state index contributed by atoms with van der Waals surface area (Å²) in [6.45, 7) is 3.33. The summed E-state index contributed by atoms with van der Waals surface area (Å²) in [6, 6.07) is -1.20. The van der Waals surface area contributed by atoms with Crippen molar-refractivity contribution in [3.05, 3.63) is 48.6 Å². The molecular weight excluding hydrogens is 702 g/mol. The second kappa shape index (κ2) is 34.1. The first-order valence-electron chi connectivity index (χ1n) is 21.6. The van der Waals surface area contributed by atoms with E-state index in [4.69, 9.17) is 9.47 Å². The third-order valence-electron chi connectivity index (χ3n) is 10.1. The zero-order valence-electron chi connectivity index (χ0n) is 34.1. The molecule has 320 valence electrons. The molecule has 0 aromatic carbocycles. The lowest BCUT2D eigenvalue weighted by atomic mass is 9.98. The van der Waals surface area contributed by atoms with Gasteiger partial charge in [-0.2, -0.15) is 0 Å². The number of ether oxygens (including phenoxy) is 2. The Morgan fingerprint density at radius 3 is 1.76 bits per heavy atom. The van der Waals surface area contributed by atoms with E-state index in [-0.39, 0.29) is 12.8 Å². The Kier molecular flexibility index (Phi) is 31.7. The average molecular weight is 782 g/mol. The van der Waals surface area contributed by atoms with Gasteiger partial charge in [0.25, 0.3) is 0 Å². The molecule has 0 aliphatic carbocycles. The van der Waals surface area contributed by atoms with Gasteiger partial charge in [0, 0.05) is 0 Å². The van der Waals surface area contributed by atoms with Crippen LogP contribution in [0, 0.1) is 0 Å². The Morgan fingerprint density at radius 2 is 1.15 bits per heavy atom. The maximum atomic E-state index is 13.0. The molecule has 0 radical (unpaired) electrons. The van der Waals surface area contributed by atoms with E-state index >= 15 is 0 Å². The zero-order valence-corrected chi connectivity index (χ0v) is 34.1. The predicted molar refractivity (Wildman–Crippen MR) is 219 cm³/mol. The van der Waals surface area contributed by atoms with E-state index in [2.05, 4.69) is 67.8 Å². The van der Waals surface area contributed by atoms with Crippen molar-refractivity contribution in [3.8, 4) is 0 Å². The third kappa shape index (κ3) is 24.4. The standard InChI is InChI=1S/C44H79NO10/c1-3-5-7-9-11-13-15-17-19-21-23-25-27-29-31-36(47)39(49)35(34-54-44-42(52)41(51)40(50)38(33-46)55-44)45-43(53)37(48)32-30-28-26-24-22-20-18-16-14-12-10-8-6-4-2/h12,14-18,23,25,35-42,44,46-52H,3-11,13,19-22,24,26-34H2,1-2H3,(H,45,53)/b14-12-,17-15+,18-16-,25-23+. The van der Waals surface area contributed by atoms with Gasteiger partial charge in [-0.1, -0.05) is 127 Å². The van der Waals surface area contributed by atoms with E-state index in [1.54, 1.807) is 0 Å². The number of allylic oxidation sites excluding steroid dienone is 8. The topological polar surface area (TPSA) is 189 Å². The molecule has 1 rings (SSSR count). The lowest BCUT2D eigenvalue weighted by molar-refractivity contribution is -0.303. The minimum absolute atomic E-state index is 0.231. The van der Waals surface area contributed by atoms with Crippen LogP contribution in [-0.2, 0) is 14.3 Å². The Hall–Kier alpha value is -1.93. The molecule has 0 spiro atoms. The Morgan fingerprint density at radius 1 is 0.636 bits per heavy atom. The van der Waals surface area contributed by atoms with Crippen LogP contribution in [0.5, 0.6) is 0 Å². The maximum Gasteiger partial charge on any atom is 0.249 e. The number of nitrogens with one attached hydrogen (secondary N) is 1. The average Bonchev–Trinajstić information content (AvgIpc) is 3.18. The Balaban J connectivity index is 2.56. The van der Waals surface area contributed by atoms with E-state index in [0.717, 1.165) is 57.8 Å². The van der Waals surface area contributed by atoms with Crippen molar-refractivity contribution >= 4 is 5.91 Å². The van der Waals surface area contributed by atoms with Gasteiger partial charge in [-0.25, -0.2) is 0 Å². The molecule has 1 amide bonds. The van der Waals surface area contributed by atoms with Crippen LogP contribution in [0.15, 0.2) is 48.6 Å². The number of rotatable bonds is 34. The summed E-state index contributed by atoms with van der Waals surface area (Å²) in [5.41, 5.74) is 0. The molecule has 0 aromatic heterocycles. The molecular formula is C44H79NO10. The quantitative estimate of drug-likeness (QED) is 0.0212. The summed E-state index contributed by atoms with van der Waals surface area (Å²) in [4.78, 5) is 13.0. The highest BCUT2D eigenvalue weighted by molar-refractivity contribution is 5.80. The first-order valence-corrected chi connectivity index (χ1v) is 21.6. The van der Waals surface area contributed by atoms with Crippen molar-refractivity contribution in [3.63, 3.8) is 0 Å². The van der Waals surface area contributed by atoms with Crippen LogP contribution < -0.4 is 5.32 Å². The fourth-order valence-corrected chi connectivity index (χ4v) is 6.44. The number of amides is 1. The highest BCUT2D eigenvalue weighted by Crippen LogP contribution is 2.23. The summed E-state index contributed by atoms with van der Waals surface area (Å²) >= 11 is 0. The third-order valence-corrected chi connectivity index (χ3v) is 10.1. The second-order valence-electron chi connectivity index (χ2n) is 15.1. The van der Waals surface area contributed by atoms with Gasteiger partial charge in [0.05, 0.1) is 25.4 Å². The van der Waals surface area contributed by atoms with Crippen molar-refractivity contribution in [1.82, 2.24) is 5.32 Å². The SMILES string of the molecule is CCCCC/C=C\C=C/CCCCCCCC(O)C(=O)NC(COC1OC(CO)C(O)C(O)C1O)C(O)C(O)CCC/C=C/CC/C=C/CCCCCCC. The fourth-order valence-electron chi connectivity index (χ4n) is 6.44. The van der Waals surface area contributed by atoms with Gasteiger partial charge in [-0.15, -0.1) is 0 Å². The van der Waals surface area contributed by atoms with Crippen LogP contribution >= 0.6 is 0 Å². The van der Waals surface area contributed by atoms with Crippen LogP contribution in [0.4, 0.5) is 0 Å². The molecule has 11 nitrogen and oxygen atoms in total. The molecule has 11 heteroatoms. The minimum Gasteiger partial charge on any atom is -0.394 e. The van der Waals surface area contributed by atoms with Gasteiger partial charge in [0.2, 0.25) is 5.91 Å². The minimum atomic E-state index is -1.67. The van der Waals surface area contributed by atoms with Crippen LogP contribution in [0.25, 0.3) is 0 Å². The lowest BCUT2D eigenvalue weighted by Crippen LogP contribution is -2.60. The number of aliphatic hydroxyl groups excluding tert-OH is 7. The summed E-state index contributed by atoms with van der Waals surface area (Å²) in [6.07, 6.45) is 27.3. The number of carbonyl (C=O) groups is 1. The summed E-state index contributed by atoms with van der Waals surface area (Å²) in [7, 11) is 0. The van der Waals surface area contributed by atoms with E-state index in [0.29, 0.717) is 19.3 Å². The van der Waals surface area contributed by atoms with Gasteiger partial charge in [-0.3, -0.25) is 4.79 Å². The van der Waals surface area contributed by atoms with Gasteiger partial charge in [-0.05, 0) is 77.0 Å². The van der Waals surface area contributed by atoms with Crippen molar-refractivity contribution in [1.29, 1.82) is 0 Å². The highest BCUT2D eigenvalue weighted by Gasteiger charge is 2.44. The molecule has 8 N–H and O–H groups in total. The molecule has 1 aliphatic rings. The first kappa shape index (κ1) is 51.1. The molecule has 9 atom stereocenters. The van der Waals surface area contributed by atoms with Crippen LogP contribution in [0.3, 0.4) is 0 Å². The molecule has 1 fully saturated rings. The summed E-state index contributed by atoms with van der Waals surface area (Å²) in [5, 5.41) is 75.4. The normalized spacial score (nSPS) is 23.0. The highest BCUT2D eigenvalue weighted by atomic mass is 16.7. The van der Waals surface area contributed by atoms with Crippen molar-refractivity contribution < 1.29 is 50.0 Å². The maximum absolute atomic E-state index is 13.0. The van der Waals surface area contributed by atoms with Gasteiger partial charge < -0.3 is 50.5 Å². The molecule has 0 bridgehead atoms. The van der Waals surface area contributed by atoms with E-state index in [1.165, 1.54) is 51.4 Å². The van der Waals surface area contributed by atoms with Crippen LogP contribution in [0.2, 0.25) is 0 Å². The van der Waals surface area contributed by atoms with Gasteiger partial charge in [0.1, 0.15) is 36.6 Å². The van der Waals surface area contributed by atoms with Crippen molar-refractivity contribution in [2.45, 2.75) is 210 Å². The van der Waals surface area contributed by atoms with E-state index < -0.39 is 74.2 Å². The molecule has 1 aliphatic heterocycles. The largest absolute Gasteiger partial charge is 0.394 e. The monoisotopic (exact) mass is 782 g/mol. The lowest BCUT2D eigenvalue weighted by Gasteiger charge is -2.40. The smallest absolute Gasteiger partial charge is 0.249 e. The molecule has 9 unspecified atom stereocenters. The van der Waals surface area contributed by atoms with Crippen molar-refractivity contribution in [2.24, 2.45) is 0 Å². The fraction of sp³-hybridized carbons (Fsp3) is 0.795. The van der Waals surface area contributed by atoms with Crippen molar-refractivity contribution in [2.75, 3.05) is 13.2 Å². The Bertz CT molecular complexity index is 1030. The van der Waals surface area contributed by atoms with Crippen LogP contribution in [-0.4, -0.2) is 110 Å². The number of hydrogen-bond acceptors (Lipinski definition) is 10. The summed E-state index contributed by atoms with van der Waals surface area (Å²) in [5.74, 6) is -0.727. The molecule has 1 saturated heterocycles. The first-order chi connectivity index (χ1) is 26.7. The molecule has 1 heterocycles. The zero-order chi connectivity index (χ0) is 40.5. The number of unbranched alkanes of at least 4 members (excludes halogenated alkanes) is 15. The molecule has 55 heavy (non-hydrogen) atoms.